The Morgan fingerprint density at radius 2 is 1.88 bits per heavy atom. The van der Waals surface area contributed by atoms with Crippen molar-refractivity contribution in [3.63, 3.8) is 0 Å². The molecule has 1 aromatic rings. The van der Waals surface area contributed by atoms with Crippen LogP contribution >= 0.6 is 0 Å². The minimum absolute atomic E-state index is 0.538. The number of nitrogens with one attached hydrogen (secondary N) is 2. The van der Waals surface area contributed by atoms with E-state index in [1.165, 1.54) is 12.1 Å². The van der Waals surface area contributed by atoms with Gasteiger partial charge in [-0.2, -0.15) is 13.2 Å². The van der Waals surface area contributed by atoms with Crippen LogP contribution in [0.4, 0.5) is 18.9 Å². The summed E-state index contributed by atoms with van der Waals surface area (Å²) in [6.45, 7) is 11.5. The summed E-state index contributed by atoms with van der Waals surface area (Å²) in [4.78, 5) is 4.42. The van der Waals surface area contributed by atoms with Gasteiger partial charge >= 0.3 is 6.18 Å². The number of alkyl halides is 3. The number of nitrogens with zero attached hydrogens (tertiary/aromatic N) is 1. The van der Waals surface area contributed by atoms with E-state index in [2.05, 4.69) is 22.2 Å². The van der Waals surface area contributed by atoms with Crippen molar-refractivity contribution in [1.29, 1.82) is 0 Å². The largest absolute Gasteiger partial charge is 0.416 e. The van der Waals surface area contributed by atoms with Crippen LogP contribution in [0, 0.1) is 0 Å². The monoisotopic (exact) mass is 365 g/mol. The van der Waals surface area contributed by atoms with Gasteiger partial charge in [-0.05, 0) is 49.7 Å². The number of halogens is 3. The molecule has 1 heterocycles. The maximum Gasteiger partial charge on any atom is 0.416 e. The summed E-state index contributed by atoms with van der Waals surface area (Å²) in [6.07, 6.45) is 2.02. The second-order valence-electron chi connectivity index (χ2n) is 5.32. The summed E-state index contributed by atoms with van der Waals surface area (Å²) in [5.41, 5.74) is 2.20. The topological polar surface area (TPSA) is 36.4 Å². The minimum Gasteiger partial charge on any atom is -0.354 e. The summed E-state index contributed by atoms with van der Waals surface area (Å²) >= 11 is 0. The highest BCUT2D eigenvalue weighted by Gasteiger charge is 2.30. The molecule has 142 valence electrons. The molecule has 2 N–H and O–H groups in total. The van der Waals surface area contributed by atoms with Crippen molar-refractivity contribution in [2.45, 2.75) is 33.4 Å². The SMILES string of the molecule is C=C(Nc1ccc(C(F)(F)F)cc1)C(=N/C=C\C)C1=CCNCC1.CC. The number of anilines is 1. The Morgan fingerprint density at radius 1 is 1.23 bits per heavy atom. The van der Waals surface area contributed by atoms with Crippen LogP contribution in [0.3, 0.4) is 0 Å². The highest BCUT2D eigenvalue weighted by molar-refractivity contribution is 6.14. The maximum atomic E-state index is 12.6. The van der Waals surface area contributed by atoms with E-state index >= 15 is 0 Å². The quantitative estimate of drug-likeness (QED) is 0.671. The fraction of sp³-hybridized carbons (Fsp3) is 0.350. The molecule has 0 fully saturated rings. The molecule has 6 heteroatoms. The number of aliphatic imine (C=N–C) groups is 1. The molecule has 0 bridgehead atoms. The van der Waals surface area contributed by atoms with Crippen molar-refractivity contribution >= 4 is 11.4 Å². The van der Waals surface area contributed by atoms with Gasteiger partial charge < -0.3 is 10.6 Å². The molecule has 1 aliphatic heterocycles. The average molecular weight is 365 g/mol. The van der Waals surface area contributed by atoms with Gasteiger partial charge in [-0.1, -0.05) is 32.6 Å². The van der Waals surface area contributed by atoms with Gasteiger partial charge in [0, 0.05) is 18.4 Å². The standard InChI is InChI=1S/C18H20F3N3.C2H6/c1-3-10-23-17(14-8-11-22-12-9-14)13(2)24-16-6-4-15(5-7-16)18(19,20)21;1-2/h3-8,10,22,24H,2,9,11-12H2,1H3;1-2H3/b10-3-,23-17?;. The van der Waals surface area contributed by atoms with Gasteiger partial charge in [-0.25, -0.2) is 0 Å². The third-order valence-corrected chi connectivity index (χ3v) is 3.51. The Labute approximate surface area is 153 Å². The smallest absolute Gasteiger partial charge is 0.354 e. The first-order valence-corrected chi connectivity index (χ1v) is 8.64. The van der Waals surface area contributed by atoms with Gasteiger partial charge in [0.1, 0.15) is 0 Å². The highest BCUT2D eigenvalue weighted by atomic mass is 19.4. The molecule has 1 aliphatic rings. The van der Waals surface area contributed by atoms with Crippen molar-refractivity contribution in [2.75, 3.05) is 18.4 Å². The third kappa shape index (κ3) is 6.52. The van der Waals surface area contributed by atoms with E-state index in [1.807, 2.05) is 32.9 Å². The molecular formula is C20H26F3N3. The lowest BCUT2D eigenvalue weighted by molar-refractivity contribution is -0.137. The van der Waals surface area contributed by atoms with Gasteiger partial charge in [0.25, 0.3) is 0 Å². The van der Waals surface area contributed by atoms with Gasteiger partial charge in [-0.3, -0.25) is 4.99 Å². The van der Waals surface area contributed by atoms with Gasteiger partial charge in [0.05, 0.1) is 17.0 Å². The van der Waals surface area contributed by atoms with Crippen LogP contribution in [-0.2, 0) is 6.18 Å². The molecule has 0 atom stereocenters. The minimum atomic E-state index is -4.34. The lowest BCUT2D eigenvalue weighted by Crippen LogP contribution is -2.25. The zero-order valence-corrected chi connectivity index (χ0v) is 15.5. The predicted molar refractivity (Wildman–Crippen MR) is 103 cm³/mol. The molecule has 1 aromatic carbocycles. The fourth-order valence-corrected chi connectivity index (χ4v) is 2.32. The van der Waals surface area contributed by atoms with Crippen LogP contribution in [0.5, 0.6) is 0 Å². The van der Waals surface area contributed by atoms with E-state index in [9.17, 15) is 13.2 Å². The van der Waals surface area contributed by atoms with E-state index < -0.39 is 11.7 Å². The maximum absolute atomic E-state index is 12.6. The van der Waals surface area contributed by atoms with Crippen molar-refractivity contribution in [2.24, 2.45) is 4.99 Å². The Morgan fingerprint density at radius 3 is 2.38 bits per heavy atom. The molecular weight excluding hydrogens is 339 g/mol. The van der Waals surface area contributed by atoms with Crippen LogP contribution in [0.2, 0.25) is 0 Å². The van der Waals surface area contributed by atoms with E-state index in [1.54, 1.807) is 6.20 Å². The van der Waals surface area contributed by atoms with E-state index in [-0.39, 0.29) is 0 Å². The zero-order valence-electron chi connectivity index (χ0n) is 15.5. The molecule has 0 aliphatic carbocycles. The molecule has 26 heavy (non-hydrogen) atoms. The molecule has 0 aromatic heterocycles. The van der Waals surface area contributed by atoms with Gasteiger partial charge in [-0.15, -0.1) is 0 Å². The van der Waals surface area contributed by atoms with Crippen molar-refractivity contribution in [3.8, 4) is 0 Å². The Balaban J connectivity index is 0.00000163. The lowest BCUT2D eigenvalue weighted by atomic mass is 10.0. The second-order valence-corrected chi connectivity index (χ2v) is 5.32. The number of benzene rings is 1. The van der Waals surface area contributed by atoms with Gasteiger partial charge in [0.15, 0.2) is 0 Å². The van der Waals surface area contributed by atoms with Gasteiger partial charge in [0.2, 0.25) is 0 Å². The average Bonchev–Trinajstić information content (AvgIpc) is 2.64. The normalized spacial score (nSPS) is 15.2. The van der Waals surface area contributed by atoms with E-state index in [0.29, 0.717) is 11.4 Å². The molecule has 0 saturated heterocycles. The first-order chi connectivity index (χ1) is 12.4. The summed E-state index contributed by atoms with van der Waals surface area (Å²) < 4.78 is 37.8. The summed E-state index contributed by atoms with van der Waals surface area (Å²) in [6, 6.07) is 4.86. The second kappa shape index (κ2) is 10.6. The van der Waals surface area contributed by atoms with Crippen LogP contribution in [-0.4, -0.2) is 18.8 Å². The van der Waals surface area contributed by atoms with Crippen molar-refractivity contribution < 1.29 is 13.2 Å². The van der Waals surface area contributed by atoms with Crippen LogP contribution in [0.25, 0.3) is 0 Å². The highest BCUT2D eigenvalue weighted by Crippen LogP contribution is 2.30. The summed E-state index contributed by atoms with van der Waals surface area (Å²) in [5.74, 6) is 0. The first kappa shape index (κ1) is 21.7. The Hall–Kier alpha value is -2.34. The summed E-state index contributed by atoms with van der Waals surface area (Å²) in [5, 5.41) is 6.27. The molecule has 0 spiro atoms. The zero-order chi connectivity index (χ0) is 19.6. The predicted octanol–water partition coefficient (Wildman–Crippen LogP) is 5.55. The van der Waals surface area contributed by atoms with Crippen LogP contribution < -0.4 is 10.6 Å². The number of hydrogen-bond acceptors (Lipinski definition) is 3. The summed E-state index contributed by atoms with van der Waals surface area (Å²) in [7, 11) is 0. The van der Waals surface area contributed by atoms with Crippen LogP contribution in [0.15, 0.2) is 65.5 Å². The number of allylic oxidation sites excluding steroid dienone is 2. The molecule has 2 rings (SSSR count). The Kier molecular flexibility index (Phi) is 8.85. The lowest BCUT2D eigenvalue weighted by Gasteiger charge is -2.19. The van der Waals surface area contributed by atoms with E-state index in [0.717, 1.165) is 42.9 Å². The fourth-order valence-electron chi connectivity index (χ4n) is 2.32. The molecule has 0 radical (unpaired) electrons. The number of hydrogen-bond donors (Lipinski definition) is 2. The third-order valence-electron chi connectivity index (χ3n) is 3.51. The molecule has 0 amide bonds. The van der Waals surface area contributed by atoms with Crippen molar-refractivity contribution in [1.82, 2.24) is 5.32 Å². The van der Waals surface area contributed by atoms with Crippen LogP contribution in [0.1, 0.15) is 32.8 Å². The first-order valence-electron chi connectivity index (χ1n) is 8.64. The number of rotatable bonds is 5. The molecule has 0 saturated carbocycles. The van der Waals surface area contributed by atoms with E-state index in [4.69, 9.17) is 0 Å². The molecule has 3 nitrogen and oxygen atoms in total. The van der Waals surface area contributed by atoms with Crippen molar-refractivity contribution in [3.05, 3.63) is 66.0 Å². The Bertz CT molecular complexity index is 669. The molecule has 0 unspecified atom stereocenters.